The number of nitrogens with one attached hydrogen (secondary N) is 2. The predicted octanol–water partition coefficient (Wildman–Crippen LogP) is 3.35. The van der Waals surface area contributed by atoms with E-state index in [1.165, 1.54) is 63.8 Å². The van der Waals surface area contributed by atoms with Gasteiger partial charge in [0.1, 0.15) is 5.75 Å². The van der Waals surface area contributed by atoms with Crippen molar-refractivity contribution in [2.45, 2.75) is 38.1 Å². The van der Waals surface area contributed by atoms with E-state index < -0.39 is 0 Å². The molecule has 0 aliphatic carbocycles. The molecule has 2 heterocycles. The maximum atomic E-state index is 5.34. The maximum absolute atomic E-state index is 5.34. The maximum Gasteiger partial charge on any atom is 0.191 e. The molecule has 1 aromatic rings. The average molecular weight is 530 g/mol. The minimum Gasteiger partial charge on any atom is -0.497 e. The molecule has 2 N–H and O–H groups in total. The van der Waals surface area contributed by atoms with Crippen LogP contribution in [0.5, 0.6) is 5.75 Å². The number of ether oxygens (including phenoxy) is 1. The van der Waals surface area contributed by atoms with E-state index in [4.69, 9.17) is 4.74 Å². The summed E-state index contributed by atoms with van der Waals surface area (Å²) in [5.74, 6) is 2.57. The number of guanidine groups is 1. The van der Waals surface area contributed by atoms with Crippen molar-refractivity contribution in [1.29, 1.82) is 0 Å². The number of aliphatic imine (C=N–C) groups is 1. The second kappa shape index (κ2) is 13.4. The summed E-state index contributed by atoms with van der Waals surface area (Å²) >= 11 is 0. The lowest BCUT2D eigenvalue weighted by atomic mass is 9.97. The number of methoxy groups -OCH3 is 1. The lowest BCUT2D eigenvalue weighted by Crippen LogP contribution is -2.46. The Labute approximate surface area is 199 Å². The SMILES string of the molecule is CN=C(NCC1CCN(C)CC1)NCC(c1ccc(OC)cc1)N1CCCCC1.I. The Kier molecular flexibility index (Phi) is 11.2. The zero-order valence-corrected chi connectivity index (χ0v) is 21.2. The van der Waals surface area contributed by atoms with Crippen molar-refractivity contribution >= 4 is 29.9 Å². The van der Waals surface area contributed by atoms with Crippen LogP contribution < -0.4 is 15.4 Å². The number of hydrogen-bond acceptors (Lipinski definition) is 4. The van der Waals surface area contributed by atoms with Crippen molar-refractivity contribution in [1.82, 2.24) is 20.4 Å². The third kappa shape index (κ3) is 7.57. The monoisotopic (exact) mass is 529 g/mol. The molecular formula is C23H40IN5O. The van der Waals surface area contributed by atoms with Crippen LogP contribution in [0.15, 0.2) is 29.3 Å². The molecule has 0 amide bonds. The summed E-state index contributed by atoms with van der Waals surface area (Å²) in [6, 6.07) is 8.89. The van der Waals surface area contributed by atoms with Crippen LogP contribution in [-0.2, 0) is 0 Å². The first-order valence-corrected chi connectivity index (χ1v) is 11.2. The standard InChI is InChI=1S/C23H39N5O.HI/c1-24-23(25-17-19-11-15-27(2)16-12-19)26-18-22(28-13-5-4-6-14-28)20-7-9-21(29-3)10-8-20;/h7-10,19,22H,4-6,11-18H2,1-3H3,(H2,24,25,26);1H. The molecule has 2 saturated heterocycles. The molecule has 2 aliphatic rings. The number of benzene rings is 1. The molecule has 1 atom stereocenters. The van der Waals surface area contributed by atoms with Crippen LogP contribution in [0.1, 0.15) is 43.7 Å². The molecule has 3 rings (SSSR count). The van der Waals surface area contributed by atoms with Crippen molar-refractivity contribution < 1.29 is 4.74 Å². The van der Waals surface area contributed by atoms with E-state index in [-0.39, 0.29) is 24.0 Å². The van der Waals surface area contributed by atoms with Crippen molar-refractivity contribution in [2.24, 2.45) is 10.9 Å². The fraction of sp³-hybridized carbons (Fsp3) is 0.696. The minimum absolute atomic E-state index is 0. The van der Waals surface area contributed by atoms with Crippen molar-refractivity contribution in [2.75, 3.05) is 60.5 Å². The second-order valence-corrected chi connectivity index (χ2v) is 8.47. The predicted molar refractivity (Wildman–Crippen MR) is 136 cm³/mol. The molecule has 0 saturated carbocycles. The highest BCUT2D eigenvalue weighted by Gasteiger charge is 2.23. The Bertz CT molecular complexity index is 625. The molecule has 0 aromatic heterocycles. The molecule has 2 fully saturated rings. The molecule has 1 unspecified atom stereocenters. The van der Waals surface area contributed by atoms with Crippen LogP contribution in [-0.4, -0.2) is 76.2 Å². The van der Waals surface area contributed by atoms with Crippen LogP contribution in [0.25, 0.3) is 0 Å². The van der Waals surface area contributed by atoms with E-state index >= 15 is 0 Å². The van der Waals surface area contributed by atoms with Gasteiger partial charge in [-0.2, -0.15) is 0 Å². The molecule has 30 heavy (non-hydrogen) atoms. The van der Waals surface area contributed by atoms with Crippen molar-refractivity contribution in [3.63, 3.8) is 0 Å². The molecular weight excluding hydrogens is 489 g/mol. The summed E-state index contributed by atoms with van der Waals surface area (Å²) in [7, 11) is 5.80. The Morgan fingerprint density at radius 3 is 2.33 bits per heavy atom. The van der Waals surface area contributed by atoms with Gasteiger partial charge in [-0.25, -0.2) is 0 Å². The van der Waals surface area contributed by atoms with Gasteiger partial charge in [0.2, 0.25) is 0 Å². The van der Waals surface area contributed by atoms with Crippen LogP contribution in [0, 0.1) is 5.92 Å². The number of rotatable bonds is 7. The van der Waals surface area contributed by atoms with Gasteiger partial charge in [0.15, 0.2) is 5.96 Å². The molecule has 6 nitrogen and oxygen atoms in total. The van der Waals surface area contributed by atoms with E-state index in [9.17, 15) is 0 Å². The molecule has 2 aliphatic heterocycles. The molecule has 170 valence electrons. The van der Waals surface area contributed by atoms with Gasteiger partial charge in [-0.3, -0.25) is 9.89 Å². The smallest absolute Gasteiger partial charge is 0.191 e. The zero-order valence-electron chi connectivity index (χ0n) is 18.9. The van der Waals surface area contributed by atoms with E-state index in [2.05, 4.69) is 56.7 Å². The van der Waals surface area contributed by atoms with Gasteiger partial charge < -0.3 is 20.3 Å². The number of piperidine rings is 2. The van der Waals surface area contributed by atoms with E-state index in [1.54, 1.807) is 7.11 Å². The molecule has 0 bridgehead atoms. The highest BCUT2D eigenvalue weighted by atomic mass is 127. The number of halogens is 1. The normalized spacial score (nSPS) is 20.3. The van der Waals surface area contributed by atoms with Gasteiger partial charge in [0.25, 0.3) is 0 Å². The highest BCUT2D eigenvalue weighted by molar-refractivity contribution is 14.0. The minimum atomic E-state index is 0. The fourth-order valence-electron chi connectivity index (χ4n) is 4.44. The third-order valence-corrected chi connectivity index (χ3v) is 6.41. The van der Waals surface area contributed by atoms with Crippen LogP contribution in [0.3, 0.4) is 0 Å². The van der Waals surface area contributed by atoms with Crippen molar-refractivity contribution in [3.8, 4) is 5.75 Å². The summed E-state index contributed by atoms with van der Waals surface area (Å²) in [6.07, 6.45) is 6.45. The lowest BCUT2D eigenvalue weighted by Gasteiger charge is -2.35. The summed E-state index contributed by atoms with van der Waals surface area (Å²) in [4.78, 5) is 9.50. The zero-order chi connectivity index (χ0) is 20.5. The number of nitrogens with zero attached hydrogens (tertiary/aromatic N) is 3. The van der Waals surface area contributed by atoms with Gasteiger partial charge in [0, 0.05) is 20.1 Å². The van der Waals surface area contributed by atoms with Crippen molar-refractivity contribution in [3.05, 3.63) is 29.8 Å². The van der Waals surface area contributed by atoms with Crippen LogP contribution >= 0.6 is 24.0 Å². The third-order valence-electron chi connectivity index (χ3n) is 6.41. The Balaban J connectivity index is 0.00000320. The Hall–Kier alpha value is -1.06. The number of likely N-dealkylation sites (tertiary alicyclic amines) is 2. The van der Waals surface area contributed by atoms with Gasteiger partial charge in [-0.05, 0) is 82.5 Å². The van der Waals surface area contributed by atoms with E-state index in [0.29, 0.717) is 6.04 Å². The fourth-order valence-corrected chi connectivity index (χ4v) is 4.44. The summed E-state index contributed by atoms with van der Waals surface area (Å²) in [5, 5.41) is 7.16. The van der Waals surface area contributed by atoms with Gasteiger partial charge in [-0.15, -0.1) is 24.0 Å². The van der Waals surface area contributed by atoms with Crippen LogP contribution in [0.2, 0.25) is 0 Å². The first-order chi connectivity index (χ1) is 14.2. The van der Waals surface area contributed by atoms with Gasteiger partial charge in [-0.1, -0.05) is 18.6 Å². The van der Waals surface area contributed by atoms with Gasteiger partial charge in [0.05, 0.1) is 13.2 Å². The quantitative estimate of drug-likeness (QED) is 0.323. The van der Waals surface area contributed by atoms with E-state index in [1.807, 2.05) is 7.05 Å². The Morgan fingerprint density at radius 1 is 1.07 bits per heavy atom. The lowest BCUT2D eigenvalue weighted by molar-refractivity contribution is 0.164. The molecule has 0 spiro atoms. The molecule has 7 heteroatoms. The summed E-state index contributed by atoms with van der Waals surface area (Å²) in [6.45, 7) is 6.60. The van der Waals surface area contributed by atoms with Crippen LogP contribution in [0.4, 0.5) is 0 Å². The topological polar surface area (TPSA) is 52.1 Å². The van der Waals surface area contributed by atoms with E-state index in [0.717, 1.165) is 30.7 Å². The Morgan fingerprint density at radius 2 is 1.73 bits per heavy atom. The first kappa shape index (κ1) is 25.2. The number of hydrogen-bond donors (Lipinski definition) is 2. The average Bonchev–Trinajstić information content (AvgIpc) is 2.78. The summed E-state index contributed by atoms with van der Waals surface area (Å²) < 4.78 is 5.34. The second-order valence-electron chi connectivity index (χ2n) is 8.47. The first-order valence-electron chi connectivity index (χ1n) is 11.2. The molecule has 0 radical (unpaired) electrons. The van der Waals surface area contributed by atoms with Gasteiger partial charge >= 0.3 is 0 Å². The molecule has 1 aromatic carbocycles. The highest BCUT2D eigenvalue weighted by Crippen LogP contribution is 2.26. The summed E-state index contributed by atoms with van der Waals surface area (Å²) in [5.41, 5.74) is 1.34. The largest absolute Gasteiger partial charge is 0.497 e.